The maximum Gasteiger partial charge on any atom is 0.323 e. The third-order valence-corrected chi connectivity index (χ3v) is 2.30. The number of aliphatic carboxylic acids is 1. The van der Waals surface area contributed by atoms with E-state index in [9.17, 15) is 4.79 Å². The Bertz CT molecular complexity index is 272. The fourth-order valence-electron chi connectivity index (χ4n) is 1.14. The van der Waals surface area contributed by atoms with E-state index in [4.69, 9.17) is 16.2 Å². The molecule has 0 aliphatic rings. The van der Waals surface area contributed by atoms with Crippen LogP contribution in [0.1, 0.15) is 26.7 Å². The van der Waals surface area contributed by atoms with E-state index in [1.807, 2.05) is 13.0 Å². The van der Waals surface area contributed by atoms with Gasteiger partial charge in [-0.1, -0.05) is 11.6 Å². The molecule has 0 aliphatic carbocycles. The smallest absolute Gasteiger partial charge is 0.323 e. The van der Waals surface area contributed by atoms with Gasteiger partial charge in [0.25, 0.3) is 0 Å². The fourth-order valence-corrected chi connectivity index (χ4v) is 1.14. The van der Waals surface area contributed by atoms with Gasteiger partial charge in [0.15, 0.2) is 0 Å². The number of carbonyl (C=O) groups is 1. The zero-order valence-corrected chi connectivity index (χ0v) is 9.92. The number of carboxylic acid groups (broad SMARTS) is 1. The lowest BCUT2D eigenvalue weighted by atomic mass is 9.97. The minimum Gasteiger partial charge on any atom is -0.480 e. The molecule has 5 nitrogen and oxygen atoms in total. The minimum absolute atomic E-state index is 0.421. The molecule has 0 bridgehead atoms. The van der Waals surface area contributed by atoms with Gasteiger partial charge in [0.2, 0.25) is 0 Å². The van der Waals surface area contributed by atoms with Crippen LogP contribution >= 0.6 is 0 Å². The number of hydrogen-bond donors (Lipinski definition) is 4. The first-order chi connectivity index (χ1) is 7.40. The van der Waals surface area contributed by atoms with Gasteiger partial charge in [-0.05, 0) is 26.7 Å². The number of carboxylic acids is 1. The molecule has 0 spiro atoms. The van der Waals surface area contributed by atoms with Crippen LogP contribution in [0.2, 0.25) is 0 Å². The van der Waals surface area contributed by atoms with Crippen molar-refractivity contribution < 1.29 is 9.90 Å². The van der Waals surface area contributed by atoms with Crippen molar-refractivity contribution in [2.24, 2.45) is 5.73 Å². The van der Waals surface area contributed by atoms with Crippen LogP contribution in [0.3, 0.4) is 0 Å². The monoisotopic (exact) mass is 227 g/mol. The van der Waals surface area contributed by atoms with Gasteiger partial charge >= 0.3 is 5.97 Å². The number of nitrogens with two attached hydrogens (primary N) is 1. The molecular formula is C11H21N3O2. The van der Waals surface area contributed by atoms with Gasteiger partial charge in [-0.3, -0.25) is 4.79 Å². The third-order valence-electron chi connectivity index (χ3n) is 2.30. The first-order valence-corrected chi connectivity index (χ1v) is 5.27. The van der Waals surface area contributed by atoms with Crippen LogP contribution in [0.15, 0.2) is 11.6 Å². The predicted molar refractivity (Wildman–Crippen MR) is 64.9 cm³/mol. The summed E-state index contributed by atoms with van der Waals surface area (Å²) in [5.41, 5.74) is 5.57. The second-order valence-electron chi connectivity index (χ2n) is 4.15. The Labute approximate surface area is 96.2 Å². The average Bonchev–Trinajstić information content (AvgIpc) is 2.17. The van der Waals surface area contributed by atoms with E-state index >= 15 is 0 Å². The van der Waals surface area contributed by atoms with Crippen molar-refractivity contribution in [3.63, 3.8) is 0 Å². The largest absolute Gasteiger partial charge is 0.480 e. The van der Waals surface area contributed by atoms with E-state index in [-0.39, 0.29) is 0 Å². The Balaban J connectivity index is 3.90. The first kappa shape index (κ1) is 14.8. The molecule has 0 amide bonds. The van der Waals surface area contributed by atoms with Crippen LogP contribution in [0.5, 0.6) is 0 Å². The van der Waals surface area contributed by atoms with Crippen LogP contribution < -0.4 is 11.1 Å². The second kappa shape index (κ2) is 7.14. The standard InChI is InChI=1S/C11H21N3O2/c1-9(8-14-7-6-12)4-3-5-11(2,13)10(15)16/h4,6,12,14H,3,5,7-8,13H2,1-2H3,(H,15,16)/b9-4-,12-6?/t11-/m0/s1. The Morgan fingerprint density at radius 1 is 1.62 bits per heavy atom. The summed E-state index contributed by atoms with van der Waals surface area (Å²) in [5.74, 6) is -0.972. The van der Waals surface area contributed by atoms with E-state index < -0.39 is 11.5 Å². The highest BCUT2D eigenvalue weighted by Crippen LogP contribution is 2.10. The second-order valence-corrected chi connectivity index (χ2v) is 4.15. The lowest BCUT2D eigenvalue weighted by Crippen LogP contribution is -2.44. The Kier molecular flexibility index (Phi) is 6.60. The van der Waals surface area contributed by atoms with Crippen molar-refractivity contribution >= 4 is 12.2 Å². The van der Waals surface area contributed by atoms with Crippen molar-refractivity contribution in [2.75, 3.05) is 13.1 Å². The third kappa shape index (κ3) is 6.31. The van der Waals surface area contributed by atoms with Crippen molar-refractivity contribution in [2.45, 2.75) is 32.2 Å². The summed E-state index contributed by atoms with van der Waals surface area (Å²) in [5, 5.41) is 18.7. The molecule has 16 heavy (non-hydrogen) atoms. The zero-order valence-electron chi connectivity index (χ0n) is 9.92. The SMILES string of the molecule is C/C(=C/CC[C@](C)(N)C(=O)O)CNCC=N. The number of nitrogens with one attached hydrogen (secondary N) is 2. The lowest BCUT2D eigenvalue weighted by molar-refractivity contribution is -0.142. The lowest BCUT2D eigenvalue weighted by Gasteiger charge is -2.17. The van der Waals surface area contributed by atoms with Gasteiger partial charge in [0.05, 0.1) is 0 Å². The summed E-state index contributed by atoms with van der Waals surface area (Å²) in [6.45, 7) is 4.75. The highest BCUT2D eigenvalue weighted by atomic mass is 16.4. The molecule has 0 aromatic rings. The summed E-state index contributed by atoms with van der Waals surface area (Å²) in [6, 6.07) is 0. The molecule has 5 heteroatoms. The zero-order chi connectivity index (χ0) is 12.6. The summed E-state index contributed by atoms with van der Waals surface area (Å²) in [4.78, 5) is 10.7. The van der Waals surface area contributed by atoms with Crippen molar-refractivity contribution in [3.8, 4) is 0 Å². The molecule has 0 aromatic heterocycles. The van der Waals surface area contributed by atoms with Gasteiger partial charge in [0, 0.05) is 19.3 Å². The summed E-state index contributed by atoms with van der Waals surface area (Å²) >= 11 is 0. The molecule has 0 heterocycles. The molecule has 0 saturated carbocycles. The van der Waals surface area contributed by atoms with Crippen molar-refractivity contribution in [3.05, 3.63) is 11.6 Å². The maximum atomic E-state index is 10.7. The Morgan fingerprint density at radius 3 is 2.75 bits per heavy atom. The van der Waals surface area contributed by atoms with Crippen LogP contribution in [0.25, 0.3) is 0 Å². The molecule has 92 valence electrons. The van der Waals surface area contributed by atoms with Gasteiger partial charge in [-0.2, -0.15) is 0 Å². The molecule has 0 radical (unpaired) electrons. The Morgan fingerprint density at radius 2 is 2.25 bits per heavy atom. The molecular weight excluding hydrogens is 206 g/mol. The predicted octanol–water partition coefficient (Wildman–Crippen LogP) is 0.754. The van der Waals surface area contributed by atoms with Crippen LogP contribution in [-0.2, 0) is 4.79 Å². The van der Waals surface area contributed by atoms with Crippen molar-refractivity contribution in [1.82, 2.24) is 5.32 Å². The highest BCUT2D eigenvalue weighted by Gasteiger charge is 2.26. The number of hydrogen-bond acceptors (Lipinski definition) is 4. The molecule has 1 atom stereocenters. The summed E-state index contributed by atoms with van der Waals surface area (Å²) in [6.07, 6.45) is 4.35. The molecule has 0 aromatic carbocycles. The molecule has 5 N–H and O–H groups in total. The number of allylic oxidation sites excluding steroid dienone is 1. The minimum atomic E-state index is -1.15. The highest BCUT2D eigenvalue weighted by molar-refractivity contribution is 5.77. The van der Waals surface area contributed by atoms with E-state index in [1.165, 1.54) is 13.1 Å². The van der Waals surface area contributed by atoms with Gasteiger partial charge in [-0.25, -0.2) is 0 Å². The van der Waals surface area contributed by atoms with E-state index in [0.29, 0.717) is 25.9 Å². The summed E-state index contributed by atoms with van der Waals surface area (Å²) in [7, 11) is 0. The molecule has 0 saturated heterocycles. The molecule has 0 rings (SSSR count). The van der Waals surface area contributed by atoms with Crippen LogP contribution in [0, 0.1) is 5.41 Å². The van der Waals surface area contributed by atoms with E-state index in [2.05, 4.69) is 5.32 Å². The molecule has 0 unspecified atom stereocenters. The van der Waals surface area contributed by atoms with Gasteiger partial charge in [0.1, 0.15) is 5.54 Å². The van der Waals surface area contributed by atoms with Crippen LogP contribution in [-0.4, -0.2) is 35.9 Å². The normalized spacial score (nSPS) is 15.6. The van der Waals surface area contributed by atoms with E-state index in [0.717, 1.165) is 5.57 Å². The maximum absolute atomic E-state index is 10.7. The Hall–Kier alpha value is -1.20. The van der Waals surface area contributed by atoms with Crippen LogP contribution in [0.4, 0.5) is 0 Å². The molecule has 0 fully saturated rings. The topological polar surface area (TPSA) is 99.2 Å². The fraction of sp³-hybridized carbons (Fsp3) is 0.636. The van der Waals surface area contributed by atoms with Crippen molar-refractivity contribution in [1.29, 1.82) is 5.41 Å². The first-order valence-electron chi connectivity index (χ1n) is 5.27. The average molecular weight is 227 g/mol. The number of rotatable bonds is 8. The van der Waals surface area contributed by atoms with E-state index in [1.54, 1.807) is 0 Å². The molecule has 0 aliphatic heterocycles. The summed E-state index contributed by atoms with van der Waals surface area (Å²) < 4.78 is 0. The van der Waals surface area contributed by atoms with Gasteiger partial charge in [-0.15, -0.1) is 0 Å². The van der Waals surface area contributed by atoms with Gasteiger partial charge < -0.3 is 21.6 Å². The quantitative estimate of drug-likeness (QED) is 0.279.